The van der Waals surface area contributed by atoms with Crippen molar-refractivity contribution in [1.82, 2.24) is 5.32 Å². The first-order valence-electron chi connectivity index (χ1n) is 8.29. The van der Waals surface area contributed by atoms with Gasteiger partial charge in [0.25, 0.3) is 0 Å². The molecule has 0 aromatic heterocycles. The molecule has 3 heteroatoms. The van der Waals surface area contributed by atoms with Crippen molar-refractivity contribution in [2.45, 2.75) is 97.3 Å². The Bertz CT molecular complexity index is 275. The third-order valence-corrected chi connectivity index (χ3v) is 3.64. The molecule has 0 radical (unpaired) electrons. The lowest BCUT2D eigenvalue weighted by atomic mass is 9.96. The number of nitriles is 1. The van der Waals surface area contributed by atoms with Crippen LogP contribution in [0, 0.1) is 11.3 Å². The number of hydrogen-bond donors (Lipinski definition) is 1. The highest BCUT2D eigenvalue weighted by atomic mass is 16.5. The summed E-state index contributed by atoms with van der Waals surface area (Å²) in [4.78, 5) is 0. The summed E-state index contributed by atoms with van der Waals surface area (Å²) in [6, 6.07) is 2.39. The molecule has 0 aliphatic rings. The van der Waals surface area contributed by atoms with Crippen LogP contribution in [0.15, 0.2) is 0 Å². The lowest BCUT2D eigenvalue weighted by molar-refractivity contribution is -0.00951. The number of hydrogen-bond acceptors (Lipinski definition) is 3. The molecular formula is C17H34N2O. The zero-order chi connectivity index (χ0) is 15.4. The maximum absolute atomic E-state index is 9.33. The van der Waals surface area contributed by atoms with Gasteiger partial charge >= 0.3 is 0 Å². The summed E-state index contributed by atoms with van der Waals surface area (Å²) >= 11 is 0. The van der Waals surface area contributed by atoms with Crippen LogP contribution in [0.3, 0.4) is 0 Å². The first kappa shape index (κ1) is 19.4. The van der Waals surface area contributed by atoms with E-state index in [-0.39, 0.29) is 12.2 Å². The minimum absolute atomic E-state index is 0.116. The molecule has 0 spiro atoms. The van der Waals surface area contributed by atoms with E-state index in [0.717, 1.165) is 25.8 Å². The molecule has 1 N–H and O–H groups in total. The van der Waals surface area contributed by atoms with Gasteiger partial charge in [-0.3, -0.25) is 5.32 Å². The van der Waals surface area contributed by atoms with Crippen molar-refractivity contribution >= 4 is 0 Å². The van der Waals surface area contributed by atoms with E-state index in [1.165, 1.54) is 25.7 Å². The summed E-state index contributed by atoms with van der Waals surface area (Å²) in [5.41, 5.74) is -0.475. The van der Waals surface area contributed by atoms with Crippen LogP contribution < -0.4 is 5.32 Å². The van der Waals surface area contributed by atoms with Crippen molar-refractivity contribution in [2.75, 3.05) is 6.54 Å². The van der Waals surface area contributed by atoms with Crippen LogP contribution in [0.5, 0.6) is 0 Å². The normalized spacial score (nSPS) is 17.2. The Morgan fingerprint density at radius 3 is 2.35 bits per heavy atom. The van der Waals surface area contributed by atoms with Crippen molar-refractivity contribution in [1.29, 1.82) is 5.26 Å². The van der Waals surface area contributed by atoms with Gasteiger partial charge in [-0.05, 0) is 40.2 Å². The van der Waals surface area contributed by atoms with Gasteiger partial charge in [0.15, 0.2) is 0 Å². The maximum atomic E-state index is 9.33. The minimum atomic E-state index is -0.475. The predicted octanol–water partition coefficient (Wildman–Crippen LogP) is 4.42. The van der Waals surface area contributed by atoms with Gasteiger partial charge in [0.05, 0.1) is 18.3 Å². The van der Waals surface area contributed by atoms with Crippen LogP contribution in [0.2, 0.25) is 0 Å². The molecule has 0 aliphatic heterocycles. The number of unbranched alkanes of at least 4 members (excludes halogenated alkanes) is 3. The summed E-state index contributed by atoms with van der Waals surface area (Å²) < 4.78 is 6.02. The Morgan fingerprint density at radius 2 is 1.80 bits per heavy atom. The van der Waals surface area contributed by atoms with E-state index >= 15 is 0 Å². The summed E-state index contributed by atoms with van der Waals surface area (Å²) in [6.07, 6.45) is 8.43. The van der Waals surface area contributed by atoms with Gasteiger partial charge in [0.2, 0.25) is 0 Å². The van der Waals surface area contributed by atoms with Crippen LogP contribution in [0.25, 0.3) is 0 Å². The molecule has 3 nitrogen and oxygen atoms in total. The minimum Gasteiger partial charge on any atom is -0.375 e. The second kappa shape index (κ2) is 11.1. The first-order valence-corrected chi connectivity index (χ1v) is 8.29. The molecule has 3 unspecified atom stereocenters. The standard InChI is InChI=1S/C17H34N2O/c1-6-8-9-10-11-15(3)20-16(4)13-17(5,14-18)19-12-7-2/h15-16,19H,6-13H2,1-5H3. The Balaban J connectivity index is 4.00. The van der Waals surface area contributed by atoms with Crippen molar-refractivity contribution in [3.8, 4) is 6.07 Å². The molecule has 0 fully saturated rings. The summed E-state index contributed by atoms with van der Waals surface area (Å²) in [5.74, 6) is 0. The Hall–Kier alpha value is -0.590. The highest BCUT2D eigenvalue weighted by Crippen LogP contribution is 2.17. The van der Waals surface area contributed by atoms with Gasteiger partial charge in [-0.1, -0.05) is 39.5 Å². The second-order valence-corrected chi connectivity index (χ2v) is 6.18. The van der Waals surface area contributed by atoms with Crippen molar-refractivity contribution < 1.29 is 4.74 Å². The van der Waals surface area contributed by atoms with Crippen LogP contribution in [-0.2, 0) is 4.74 Å². The van der Waals surface area contributed by atoms with Crippen LogP contribution in [0.1, 0.15) is 79.6 Å². The van der Waals surface area contributed by atoms with Crippen molar-refractivity contribution in [2.24, 2.45) is 0 Å². The summed E-state index contributed by atoms with van der Waals surface area (Å²) in [6.45, 7) is 11.4. The van der Waals surface area contributed by atoms with Crippen LogP contribution >= 0.6 is 0 Å². The van der Waals surface area contributed by atoms with Gasteiger partial charge in [-0.25, -0.2) is 0 Å². The molecule has 0 rings (SSSR count). The number of ether oxygens (including phenoxy) is 1. The fourth-order valence-corrected chi connectivity index (χ4v) is 2.50. The van der Waals surface area contributed by atoms with Crippen LogP contribution in [-0.4, -0.2) is 24.3 Å². The van der Waals surface area contributed by atoms with Crippen LogP contribution in [0.4, 0.5) is 0 Å². The average Bonchev–Trinajstić information content (AvgIpc) is 2.41. The van der Waals surface area contributed by atoms with E-state index in [9.17, 15) is 5.26 Å². The molecule has 0 aromatic carbocycles. The van der Waals surface area contributed by atoms with E-state index in [0.29, 0.717) is 0 Å². The van der Waals surface area contributed by atoms with Crippen molar-refractivity contribution in [3.63, 3.8) is 0 Å². The molecule has 0 heterocycles. The quantitative estimate of drug-likeness (QED) is 0.539. The third kappa shape index (κ3) is 9.34. The first-order chi connectivity index (χ1) is 9.47. The molecule has 0 aliphatic carbocycles. The van der Waals surface area contributed by atoms with Gasteiger partial charge in [-0.15, -0.1) is 0 Å². The van der Waals surface area contributed by atoms with E-state index in [1.807, 2.05) is 6.92 Å². The van der Waals surface area contributed by atoms with Crippen molar-refractivity contribution in [3.05, 3.63) is 0 Å². The third-order valence-electron chi connectivity index (χ3n) is 3.64. The number of nitrogens with zero attached hydrogens (tertiary/aromatic N) is 1. The lowest BCUT2D eigenvalue weighted by Gasteiger charge is -2.28. The number of rotatable bonds is 12. The maximum Gasteiger partial charge on any atom is 0.106 e. The zero-order valence-corrected chi connectivity index (χ0v) is 14.2. The molecule has 0 aromatic rings. The van der Waals surface area contributed by atoms with Gasteiger partial charge in [0, 0.05) is 6.42 Å². The lowest BCUT2D eigenvalue weighted by Crippen LogP contribution is -2.44. The monoisotopic (exact) mass is 282 g/mol. The highest BCUT2D eigenvalue weighted by Gasteiger charge is 2.26. The molecule has 20 heavy (non-hydrogen) atoms. The second-order valence-electron chi connectivity index (χ2n) is 6.18. The molecule has 3 atom stereocenters. The number of nitrogens with one attached hydrogen (secondary N) is 1. The molecule has 0 saturated heterocycles. The average molecular weight is 282 g/mol. The van der Waals surface area contributed by atoms with E-state index < -0.39 is 5.54 Å². The van der Waals surface area contributed by atoms with E-state index in [4.69, 9.17) is 4.74 Å². The Morgan fingerprint density at radius 1 is 1.10 bits per heavy atom. The SMILES string of the molecule is CCCCCCC(C)OC(C)CC(C)(C#N)NCCC. The van der Waals surface area contributed by atoms with E-state index in [2.05, 4.69) is 39.1 Å². The molecule has 0 bridgehead atoms. The fourth-order valence-electron chi connectivity index (χ4n) is 2.50. The smallest absolute Gasteiger partial charge is 0.106 e. The topological polar surface area (TPSA) is 45.0 Å². The van der Waals surface area contributed by atoms with Gasteiger partial charge in [-0.2, -0.15) is 5.26 Å². The Kier molecular flexibility index (Phi) is 10.8. The largest absolute Gasteiger partial charge is 0.375 e. The Labute approximate surface area is 126 Å². The summed E-state index contributed by atoms with van der Waals surface area (Å²) in [7, 11) is 0. The summed E-state index contributed by atoms with van der Waals surface area (Å²) in [5, 5.41) is 12.6. The molecule has 0 amide bonds. The van der Waals surface area contributed by atoms with Gasteiger partial charge < -0.3 is 4.74 Å². The fraction of sp³-hybridized carbons (Fsp3) is 0.941. The molecule has 118 valence electrons. The highest BCUT2D eigenvalue weighted by molar-refractivity contribution is 5.04. The van der Waals surface area contributed by atoms with Gasteiger partial charge in [0.1, 0.15) is 5.54 Å². The molecule has 0 saturated carbocycles. The van der Waals surface area contributed by atoms with E-state index in [1.54, 1.807) is 0 Å². The zero-order valence-electron chi connectivity index (χ0n) is 14.2. The predicted molar refractivity (Wildman–Crippen MR) is 85.7 cm³/mol. The molecular weight excluding hydrogens is 248 g/mol.